The fraction of sp³-hybridized carbons (Fsp3) is 0.263. The number of nitrogens with one attached hydrogen (secondary N) is 1. The van der Waals surface area contributed by atoms with Crippen LogP contribution >= 0.6 is 11.8 Å². The third-order valence-corrected chi connectivity index (χ3v) is 5.01. The SMILES string of the molecule is COCCn1c(SC(C)C(=O)Nc2ccccc2F)nc2ccccc21. The number of anilines is 1. The van der Waals surface area contributed by atoms with Crippen molar-refractivity contribution in [3.8, 4) is 0 Å². The van der Waals surface area contributed by atoms with E-state index in [1.165, 1.54) is 17.8 Å². The van der Waals surface area contributed by atoms with Crippen LogP contribution in [-0.2, 0) is 16.1 Å². The van der Waals surface area contributed by atoms with Crippen LogP contribution in [0.15, 0.2) is 53.7 Å². The van der Waals surface area contributed by atoms with Crippen LogP contribution < -0.4 is 5.32 Å². The number of methoxy groups -OCH3 is 1. The van der Waals surface area contributed by atoms with Gasteiger partial charge in [0.05, 0.1) is 28.6 Å². The van der Waals surface area contributed by atoms with Crippen molar-refractivity contribution in [3.63, 3.8) is 0 Å². The largest absolute Gasteiger partial charge is 0.383 e. The molecule has 0 bridgehead atoms. The highest BCUT2D eigenvalue weighted by molar-refractivity contribution is 8.00. The number of para-hydroxylation sites is 3. The van der Waals surface area contributed by atoms with Gasteiger partial charge in [0, 0.05) is 13.7 Å². The van der Waals surface area contributed by atoms with E-state index in [4.69, 9.17) is 4.74 Å². The number of carbonyl (C=O) groups excluding carboxylic acids is 1. The lowest BCUT2D eigenvalue weighted by molar-refractivity contribution is -0.115. The summed E-state index contributed by atoms with van der Waals surface area (Å²) in [5, 5.41) is 2.93. The number of ether oxygens (including phenoxy) is 1. The summed E-state index contributed by atoms with van der Waals surface area (Å²) < 4.78 is 21.0. The minimum atomic E-state index is -0.453. The van der Waals surface area contributed by atoms with E-state index in [0.717, 1.165) is 16.2 Å². The second-order valence-corrected chi connectivity index (χ2v) is 7.06. The lowest BCUT2D eigenvalue weighted by Gasteiger charge is -2.13. The van der Waals surface area contributed by atoms with Crippen LogP contribution in [0.5, 0.6) is 0 Å². The van der Waals surface area contributed by atoms with Crippen LogP contribution in [0.1, 0.15) is 6.92 Å². The summed E-state index contributed by atoms with van der Waals surface area (Å²) >= 11 is 1.34. The number of hydrogen-bond acceptors (Lipinski definition) is 4. The number of rotatable bonds is 7. The van der Waals surface area contributed by atoms with Crippen LogP contribution in [0.2, 0.25) is 0 Å². The number of nitrogens with zero attached hydrogens (tertiary/aromatic N) is 2. The predicted molar refractivity (Wildman–Crippen MR) is 102 cm³/mol. The molecule has 1 amide bonds. The topological polar surface area (TPSA) is 56.1 Å². The summed E-state index contributed by atoms with van der Waals surface area (Å²) in [5.41, 5.74) is 2.04. The molecule has 0 aliphatic carbocycles. The van der Waals surface area contributed by atoms with Gasteiger partial charge in [0.25, 0.3) is 0 Å². The average Bonchev–Trinajstić information content (AvgIpc) is 2.98. The molecule has 26 heavy (non-hydrogen) atoms. The van der Waals surface area contributed by atoms with Crippen LogP contribution in [0.4, 0.5) is 10.1 Å². The number of thioether (sulfide) groups is 1. The minimum Gasteiger partial charge on any atom is -0.383 e. The van der Waals surface area contributed by atoms with Gasteiger partial charge in [-0.1, -0.05) is 36.0 Å². The molecule has 2 aromatic carbocycles. The lowest BCUT2D eigenvalue weighted by Crippen LogP contribution is -2.23. The van der Waals surface area contributed by atoms with Crippen LogP contribution in [-0.4, -0.2) is 34.4 Å². The fourth-order valence-electron chi connectivity index (χ4n) is 2.55. The van der Waals surface area contributed by atoms with Crippen molar-refractivity contribution < 1.29 is 13.9 Å². The monoisotopic (exact) mass is 373 g/mol. The van der Waals surface area contributed by atoms with E-state index in [1.54, 1.807) is 32.2 Å². The number of fused-ring (bicyclic) bond motifs is 1. The molecule has 3 aromatic rings. The maximum absolute atomic E-state index is 13.7. The Labute approximate surface area is 155 Å². The van der Waals surface area contributed by atoms with Gasteiger partial charge in [0.15, 0.2) is 5.16 Å². The Morgan fingerprint density at radius 3 is 2.77 bits per heavy atom. The van der Waals surface area contributed by atoms with E-state index in [-0.39, 0.29) is 11.6 Å². The molecule has 1 unspecified atom stereocenters. The van der Waals surface area contributed by atoms with Crippen molar-refractivity contribution in [2.45, 2.75) is 23.9 Å². The Kier molecular flexibility index (Phi) is 5.90. The molecule has 1 aromatic heterocycles. The second-order valence-electron chi connectivity index (χ2n) is 5.76. The van der Waals surface area contributed by atoms with Crippen LogP contribution in [0.3, 0.4) is 0 Å². The normalized spacial score (nSPS) is 12.3. The summed E-state index contributed by atoms with van der Waals surface area (Å²) in [6.07, 6.45) is 0. The van der Waals surface area contributed by atoms with Gasteiger partial charge >= 0.3 is 0 Å². The van der Waals surface area contributed by atoms with Crippen molar-refractivity contribution in [2.75, 3.05) is 19.0 Å². The van der Waals surface area contributed by atoms with E-state index in [1.807, 2.05) is 28.8 Å². The Balaban J connectivity index is 1.79. The minimum absolute atomic E-state index is 0.179. The van der Waals surface area contributed by atoms with E-state index < -0.39 is 11.1 Å². The second kappa shape index (κ2) is 8.33. The summed E-state index contributed by atoms with van der Waals surface area (Å²) in [4.78, 5) is 17.1. The maximum atomic E-state index is 13.7. The van der Waals surface area contributed by atoms with Crippen molar-refractivity contribution in [2.24, 2.45) is 0 Å². The molecule has 3 rings (SSSR count). The molecule has 0 saturated carbocycles. The standard InChI is InChI=1S/C19H20FN3O2S/c1-13(18(24)21-15-8-4-3-7-14(15)20)26-19-22-16-9-5-6-10-17(16)23(19)11-12-25-2/h3-10,13H,11-12H2,1-2H3,(H,21,24). The Bertz CT molecular complexity index is 913. The molecule has 1 N–H and O–H groups in total. The summed E-state index contributed by atoms with van der Waals surface area (Å²) in [5.74, 6) is -0.726. The van der Waals surface area contributed by atoms with Gasteiger partial charge in [0.2, 0.25) is 5.91 Å². The van der Waals surface area contributed by atoms with Gasteiger partial charge in [-0.3, -0.25) is 4.79 Å². The molecule has 0 spiro atoms. The zero-order valence-corrected chi connectivity index (χ0v) is 15.4. The lowest BCUT2D eigenvalue weighted by atomic mass is 10.3. The molecule has 0 aliphatic rings. The zero-order chi connectivity index (χ0) is 18.5. The van der Waals surface area contributed by atoms with E-state index in [0.29, 0.717) is 13.2 Å². The molecule has 136 valence electrons. The quantitative estimate of drug-likeness (QED) is 0.638. The molecule has 0 saturated heterocycles. The molecule has 1 heterocycles. The van der Waals surface area contributed by atoms with Gasteiger partial charge in [-0.15, -0.1) is 0 Å². The third-order valence-electron chi connectivity index (χ3n) is 3.92. The third kappa shape index (κ3) is 4.05. The van der Waals surface area contributed by atoms with Gasteiger partial charge in [-0.25, -0.2) is 9.37 Å². The van der Waals surface area contributed by atoms with Crippen molar-refractivity contribution >= 4 is 34.4 Å². The molecular weight excluding hydrogens is 353 g/mol. The number of aromatic nitrogens is 2. The molecule has 0 radical (unpaired) electrons. The maximum Gasteiger partial charge on any atom is 0.237 e. The Morgan fingerprint density at radius 2 is 2.00 bits per heavy atom. The van der Waals surface area contributed by atoms with Crippen molar-refractivity contribution in [1.29, 1.82) is 0 Å². The van der Waals surface area contributed by atoms with Crippen molar-refractivity contribution in [3.05, 3.63) is 54.3 Å². The molecule has 5 nitrogen and oxygen atoms in total. The molecule has 0 fully saturated rings. The summed E-state index contributed by atoms with van der Waals surface area (Å²) in [7, 11) is 1.65. The number of imidazole rings is 1. The Hall–Kier alpha value is -2.38. The zero-order valence-electron chi connectivity index (χ0n) is 14.6. The number of halogens is 1. The first kappa shape index (κ1) is 18.4. The van der Waals surface area contributed by atoms with Crippen LogP contribution in [0.25, 0.3) is 11.0 Å². The smallest absolute Gasteiger partial charge is 0.237 e. The van der Waals surface area contributed by atoms with Gasteiger partial charge in [0.1, 0.15) is 5.82 Å². The first-order valence-electron chi connectivity index (χ1n) is 8.26. The number of amides is 1. The number of carbonyl (C=O) groups is 1. The number of benzene rings is 2. The highest BCUT2D eigenvalue weighted by atomic mass is 32.2. The highest BCUT2D eigenvalue weighted by Crippen LogP contribution is 2.28. The molecule has 7 heteroatoms. The Morgan fingerprint density at radius 1 is 1.27 bits per heavy atom. The van der Waals surface area contributed by atoms with Gasteiger partial charge in [-0.2, -0.15) is 0 Å². The van der Waals surface area contributed by atoms with Gasteiger partial charge < -0.3 is 14.6 Å². The first-order valence-corrected chi connectivity index (χ1v) is 9.14. The van der Waals surface area contributed by atoms with Crippen LogP contribution in [0, 0.1) is 5.82 Å². The number of hydrogen-bond donors (Lipinski definition) is 1. The summed E-state index contributed by atoms with van der Waals surface area (Å²) in [6.45, 7) is 2.96. The van der Waals surface area contributed by atoms with E-state index >= 15 is 0 Å². The highest BCUT2D eigenvalue weighted by Gasteiger charge is 2.20. The predicted octanol–water partition coefficient (Wildman–Crippen LogP) is 3.94. The van der Waals surface area contributed by atoms with E-state index in [9.17, 15) is 9.18 Å². The molecule has 1 atom stereocenters. The molecule has 0 aliphatic heterocycles. The molecular formula is C19H20FN3O2S. The van der Waals surface area contributed by atoms with Crippen molar-refractivity contribution in [1.82, 2.24) is 9.55 Å². The fourth-order valence-corrected chi connectivity index (χ4v) is 3.50. The van der Waals surface area contributed by atoms with E-state index in [2.05, 4.69) is 10.3 Å². The first-order chi connectivity index (χ1) is 12.6. The van der Waals surface area contributed by atoms with Gasteiger partial charge in [-0.05, 0) is 31.2 Å². The summed E-state index contributed by atoms with van der Waals surface area (Å²) in [6, 6.07) is 13.9. The average molecular weight is 373 g/mol.